The van der Waals surface area contributed by atoms with Crippen LogP contribution >= 0.6 is 0 Å². The summed E-state index contributed by atoms with van der Waals surface area (Å²) in [5, 5.41) is 8.63. The van der Waals surface area contributed by atoms with Gasteiger partial charge in [0.25, 0.3) is 0 Å². The van der Waals surface area contributed by atoms with Crippen molar-refractivity contribution in [2.24, 2.45) is 9.98 Å². The molecular weight excluding hydrogens is 719 g/mol. The van der Waals surface area contributed by atoms with Crippen molar-refractivity contribution in [3.05, 3.63) is 215 Å². The predicted octanol–water partition coefficient (Wildman–Crippen LogP) is 13.0. The first-order chi connectivity index (χ1) is 29.0. The van der Waals surface area contributed by atoms with E-state index in [-0.39, 0.29) is 6.17 Å². The Labute approximate surface area is 343 Å². The number of aromatic nitrogens is 2. The minimum Gasteiger partial charge on any atom is -0.344 e. The maximum Gasteiger partial charge on any atom is 0.159 e. The van der Waals surface area contributed by atoms with Crippen LogP contribution in [0.25, 0.3) is 66.1 Å². The van der Waals surface area contributed by atoms with Crippen molar-refractivity contribution in [2.45, 2.75) is 26.9 Å². The summed E-state index contributed by atoms with van der Waals surface area (Å²) < 4.78 is 4.82. The van der Waals surface area contributed by atoms with Gasteiger partial charge in [0.15, 0.2) is 5.84 Å². The summed E-state index contributed by atoms with van der Waals surface area (Å²) in [6.07, 6.45) is -0.282. The molecule has 0 saturated carbocycles. The topological polar surface area (TPSA) is 46.6 Å². The Hall–Kier alpha value is -7.50. The molecule has 2 aromatic heterocycles. The van der Waals surface area contributed by atoms with Crippen LogP contribution in [0, 0.1) is 20.8 Å². The fourth-order valence-corrected chi connectivity index (χ4v) is 8.88. The number of hydrogen-bond donors (Lipinski definition) is 1. The molecule has 0 fully saturated rings. The number of fused-ring (bicyclic) bond motifs is 6. The highest BCUT2D eigenvalue weighted by Crippen LogP contribution is 2.42. The third-order valence-electron chi connectivity index (χ3n) is 11.9. The molecule has 1 aliphatic heterocycles. The molecule has 0 amide bonds. The Morgan fingerprint density at radius 1 is 0.458 bits per heavy atom. The van der Waals surface area contributed by atoms with E-state index in [1.165, 1.54) is 60.4 Å². The Morgan fingerprint density at radius 2 is 1.07 bits per heavy atom. The van der Waals surface area contributed by atoms with E-state index in [0.717, 1.165) is 50.8 Å². The molecule has 0 bridgehead atoms. The van der Waals surface area contributed by atoms with E-state index in [1.807, 2.05) is 0 Å². The molecule has 3 heterocycles. The first-order valence-electron chi connectivity index (χ1n) is 20.3. The van der Waals surface area contributed by atoms with Gasteiger partial charge in [0.1, 0.15) is 12.0 Å². The van der Waals surface area contributed by atoms with Crippen LogP contribution in [-0.2, 0) is 0 Å². The van der Waals surface area contributed by atoms with Crippen LogP contribution in [0.15, 0.2) is 192 Å². The van der Waals surface area contributed by atoms with Gasteiger partial charge in [-0.25, -0.2) is 9.98 Å². The van der Waals surface area contributed by atoms with E-state index >= 15 is 0 Å². The number of benzene rings is 8. The summed E-state index contributed by atoms with van der Waals surface area (Å²) in [5.41, 5.74) is 16.0. The van der Waals surface area contributed by atoms with Crippen LogP contribution in [0.3, 0.4) is 0 Å². The van der Waals surface area contributed by atoms with E-state index in [2.05, 4.69) is 217 Å². The molecule has 1 unspecified atom stereocenters. The van der Waals surface area contributed by atoms with Gasteiger partial charge in [-0.1, -0.05) is 139 Å². The van der Waals surface area contributed by atoms with Crippen molar-refractivity contribution in [3.8, 4) is 22.5 Å². The summed E-state index contributed by atoms with van der Waals surface area (Å²) in [6.45, 7) is 6.43. The minimum absolute atomic E-state index is 0.282. The van der Waals surface area contributed by atoms with Crippen molar-refractivity contribution < 1.29 is 0 Å². The van der Waals surface area contributed by atoms with Gasteiger partial charge < -0.3 is 14.5 Å². The van der Waals surface area contributed by atoms with Crippen molar-refractivity contribution in [1.82, 2.24) is 14.5 Å². The van der Waals surface area contributed by atoms with Crippen molar-refractivity contribution >= 4 is 55.3 Å². The van der Waals surface area contributed by atoms with E-state index in [1.54, 1.807) is 0 Å². The molecule has 11 rings (SSSR count). The molecule has 8 aromatic carbocycles. The molecule has 5 heteroatoms. The largest absolute Gasteiger partial charge is 0.344 e. The Kier molecular flexibility index (Phi) is 8.16. The lowest BCUT2D eigenvalue weighted by Crippen LogP contribution is -2.33. The van der Waals surface area contributed by atoms with E-state index in [0.29, 0.717) is 0 Å². The average Bonchev–Trinajstić information content (AvgIpc) is 3.80. The third-order valence-corrected chi connectivity index (χ3v) is 11.9. The monoisotopic (exact) mass is 759 g/mol. The van der Waals surface area contributed by atoms with Gasteiger partial charge in [-0.05, 0) is 97.6 Å². The molecule has 282 valence electrons. The van der Waals surface area contributed by atoms with Gasteiger partial charge in [-0.2, -0.15) is 0 Å². The zero-order valence-corrected chi connectivity index (χ0v) is 33.2. The highest BCUT2D eigenvalue weighted by atomic mass is 15.2. The number of rotatable bonds is 6. The number of amidine groups is 2. The van der Waals surface area contributed by atoms with E-state index < -0.39 is 0 Å². The van der Waals surface area contributed by atoms with Crippen LogP contribution in [0.1, 0.15) is 39.5 Å². The number of hydrogen-bond acceptors (Lipinski definition) is 3. The molecule has 1 atom stereocenters. The van der Waals surface area contributed by atoms with Crippen molar-refractivity contribution in [2.75, 3.05) is 0 Å². The maximum atomic E-state index is 5.20. The molecule has 1 aliphatic rings. The summed E-state index contributed by atoms with van der Waals surface area (Å²) in [7, 11) is 0. The van der Waals surface area contributed by atoms with Crippen LogP contribution in [0.4, 0.5) is 0 Å². The molecule has 1 N–H and O–H groups in total. The highest BCUT2D eigenvalue weighted by molar-refractivity contribution is 6.18. The van der Waals surface area contributed by atoms with Crippen molar-refractivity contribution in [1.29, 1.82) is 0 Å². The van der Waals surface area contributed by atoms with Crippen LogP contribution in [-0.4, -0.2) is 20.8 Å². The van der Waals surface area contributed by atoms with Gasteiger partial charge in [-0.3, -0.25) is 0 Å². The zero-order valence-electron chi connectivity index (χ0n) is 33.2. The number of para-hydroxylation sites is 3. The van der Waals surface area contributed by atoms with Gasteiger partial charge in [0, 0.05) is 44.0 Å². The van der Waals surface area contributed by atoms with Gasteiger partial charge in [-0.15, -0.1) is 0 Å². The highest BCUT2D eigenvalue weighted by Gasteiger charge is 2.24. The van der Waals surface area contributed by atoms with Crippen molar-refractivity contribution in [3.63, 3.8) is 0 Å². The van der Waals surface area contributed by atoms with Crippen LogP contribution in [0.2, 0.25) is 0 Å². The van der Waals surface area contributed by atoms with E-state index in [9.17, 15) is 0 Å². The van der Waals surface area contributed by atoms with Crippen LogP contribution in [0.5, 0.6) is 0 Å². The zero-order chi connectivity index (χ0) is 39.6. The molecule has 0 radical (unpaired) electrons. The molecular formula is C54H41N5. The second kappa shape index (κ2) is 13.9. The number of aliphatic imine (C=N–C) groups is 2. The predicted molar refractivity (Wildman–Crippen MR) is 247 cm³/mol. The number of aryl methyl sites for hydroxylation is 3. The first-order valence-corrected chi connectivity index (χ1v) is 20.3. The summed E-state index contributed by atoms with van der Waals surface area (Å²) >= 11 is 0. The lowest BCUT2D eigenvalue weighted by molar-refractivity contribution is 0.674. The lowest BCUT2D eigenvalue weighted by atomic mass is 9.93. The lowest BCUT2D eigenvalue weighted by Gasteiger charge is -2.24. The molecule has 0 spiro atoms. The van der Waals surface area contributed by atoms with Crippen LogP contribution < -0.4 is 5.32 Å². The SMILES string of the molecule is Cc1ccc(C2=NC(c3ccc(C)cc3)NC(c3ccc(C)c(-c4cccc5c4c4cc(-n6c7ccccc7c7ccccc76)ccc4n5-c4ccccc4)c3)=N2)cc1. The Bertz CT molecular complexity index is 3260. The molecule has 0 saturated heterocycles. The second-order valence-corrected chi connectivity index (χ2v) is 15.7. The summed E-state index contributed by atoms with van der Waals surface area (Å²) in [5.74, 6) is 1.52. The molecule has 5 nitrogen and oxygen atoms in total. The van der Waals surface area contributed by atoms with E-state index in [4.69, 9.17) is 9.98 Å². The molecule has 59 heavy (non-hydrogen) atoms. The summed E-state index contributed by atoms with van der Waals surface area (Å²) in [4.78, 5) is 10.3. The minimum atomic E-state index is -0.282. The van der Waals surface area contributed by atoms with Gasteiger partial charge >= 0.3 is 0 Å². The Morgan fingerprint density at radius 3 is 1.80 bits per heavy atom. The molecule has 10 aromatic rings. The quantitative estimate of drug-likeness (QED) is 0.180. The maximum absolute atomic E-state index is 5.20. The molecule has 0 aliphatic carbocycles. The fourth-order valence-electron chi connectivity index (χ4n) is 8.88. The second-order valence-electron chi connectivity index (χ2n) is 15.7. The summed E-state index contributed by atoms with van der Waals surface area (Å²) in [6, 6.07) is 65.7. The Balaban J connectivity index is 1.12. The standard InChI is InChI=1S/C54H41N5/c1-34-20-25-37(26-21-34)52-55-53(38-27-22-35(2)23-28-38)57-54(56-52)39-29-24-36(3)45(32-39)44-16-11-19-50-51(44)46-33-41(30-31-49(46)58(50)40-12-5-4-6-13-40)59-47-17-9-7-14-42(47)43-15-8-10-18-48(43)59/h4-33,52H,1-3H3,(H,55,56,57). The first kappa shape index (κ1) is 34.7. The van der Waals surface area contributed by atoms with Gasteiger partial charge in [0.05, 0.1) is 22.1 Å². The number of nitrogens with one attached hydrogen (secondary N) is 1. The fraction of sp³-hybridized carbons (Fsp3) is 0.0741. The van der Waals surface area contributed by atoms with Gasteiger partial charge in [0.2, 0.25) is 0 Å². The number of nitrogens with zero attached hydrogens (tertiary/aromatic N) is 4. The average molecular weight is 760 g/mol. The smallest absolute Gasteiger partial charge is 0.159 e. The third kappa shape index (κ3) is 5.85. The normalized spacial score (nSPS) is 14.2.